The Morgan fingerprint density at radius 3 is 2.35 bits per heavy atom. The number of carbonyl (C=O) groups excluding carboxylic acids is 1. The van der Waals surface area contributed by atoms with Crippen LogP contribution in [0.2, 0.25) is 0 Å². The minimum atomic E-state index is -3.97. The summed E-state index contributed by atoms with van der Waals surface area (Å²) in [6, 6.07) is 19.4. The second-order valence-corrected chi connectivity index (χ2v) is 10.3. The van der Waals surface area contributed by atoms with Crippen LogP contribution in [-0.2, 0) is 14.8 Å². The molecule has 0 saturated heterocycles. The Balaban J connectivity index is 1.52. The highest BCUT2D eigenvalue weighted by molar-refractivity contribution is 7.92. The highest BCUT2D eigenvalue weighted by Crippen LogP contribution is 2.31. The molecule has 0 fully saturated rings. The molecule has 8 heteroatoms. The van der Waals surface area contributed by atoms with Crippen LogP contribution in [0, 0.1) is 20.8 Å². The number of fused-ring (bicyclic) bond motifs is 1. The first-order valence-corrected chi connectivity index (χ1v) is 12.5. The molecular formula is C26H28N2O5S. The van der Waals surface area contributed by atoms with Crippen molar-refractivity contribution in [3.63, 3.8) is 0 Å². The van der Waals surface area contributed by atoms with Crippen molar-refractivity contribution in [2.24, 2.45) is 0 Å². The molecule has 1 aliphatic heterocycles. The average molecular weight is 481 g/mol. The maximum Gasteiger partial charge on any atom is 0.264 e. The van der Waals surface area contributed by atoms with E-state index in [1.54, 1.807) is 36.4 Å². The van der Waals surface area contributed by atoms with Gasteiger partial charge in [-0.2, -0.15) is 0 Å². The maximum absolute atomic E-state index is 13.6. The van der Waals surface area contributed by atoms with Crippen molar-refractivity contribution in [1.82, 2.24) is 5.32 Å². The number of anilines is 1. The number of hydrogen-bond donors (Lipinski definition) is 1. The molecule has 1 aliphatic rings. The van der Waals surface area contributed by atoms with Crippen LogP contribution in [-0.4, -0.2) is 40.1 Å². The van der Waals surface area contributed by atoms with Crippen LogP contribution in [0.1, 0.15) is 16.7 Å². The number of carbonyl (C=O) groups is 1. The van der Waals surface area contributed by atoms with E-state index in [1.165, 1.54) is 0 Å². The summed E-state index contributed by atoms with van der Waals surface area (Å²) in [5.74, 6) is 0.847. The van der Waals surface area contributed by atoms with E-state index in [9.17, 15) is 13.2 Å². The van der Waals surface area contributed by atoms with E-state index < -0.39 is 15.9 Å². The minimum absolute atomic E-state index is 0.131. The smallest absolute Gasteiger partial charge is 0.264 e. The lowest BCUT2D eigenvalue weighted by Gasteiger charge is -2.28. The molecule has 7 nitrogen and oxygen atoms in total. The molecule has 1 N–H and O–H groups in total. The number of amides is 1. The normalized spacial score (nSPS) is 15.0. The summed E-state index contributed by atoms with van der Waals surface area (Å²) in [7, 11) is -3.97. The SMILES string of the molecule is Cc1ccc(S(=O)(=O)N(CC(=O)NC[C@@H]2COc3ccccc3O2)c2ccc(C)cc2C)cc1. The fourth-order valence-electron chi connectivity index (χ4n) is 3.80. The first-order chi connectivity index (χ1) is 16.2. The van der Waals surface area contributed by atoms with Crippen molar-refractivity contribution in [2.75, 3.05) is 24.0 Å². The van der Waals surface area contributed by atoms with Gasteiger partial charge in [0.2, 0.25) is 5.91 Å². The Kier molecular flexibility index (Phi) is 6.79. The standard InChI is InChI=1S/C26H28N2O5S/c1-18-8-11-22(12-9-18)34(30,31)28(23-13-10-19(2)14-20(23)3)16-26(29)27-15-21-17-32-24-6-4-5-7-25(24)33-21/h4-14,21H,15-17H2,1-3H3,(H,27,29)/t21-/m1/s1. The van der Waals surface area contributed by atoms with Crippen molar-refractivity contribution in [3.05, 3.63) is 83.4 Å². The summed E-state index contributed by atoms with van der Waals surface area (Å²) in [4.78, 5) is 13.0. The Morgan fingerprint density at radius 1 is 0.971 bits per heavy atom. The third-order valence-corrected chi connectivity index (χ3v) is 7.39. The molecular weight excluding hydrogens is 452 g/mol. The topological polar surface area (TPSA) is 84.9 Å². The van der Waals surface area contributed by atoms with Crippen LogP contribution in [0.4, 0.5) is 5.69 Å². The van der Waals surface area contributed by atoms with Gasteiger partial charge in [0.25, 0.3) is 10.0 Å². The van der Waals surface area contributed by atoms with Crippen LogP contribution >= 0.6 is 0 Å². The molecule has 3 aromatic carbocycles. The quantitative estimate of drug-likeness (QED) is 0.557. The highest BCUT2D eigenvalue weighted by atomic mass is 32.2. The number of hydrogen-bond acceptors (Lipinski definition) is 5. The van der Waals surface area contributed by atoms with Crippen LogP contribution < -0.4 is 19.1 Å². The minimum Gasteiger partial charge on any atom is -0.486 e. The second-order valence-electron chi connectivity index (χ2n) is 8.42. The van der Waals surface area contributed by atoms with E-state index in [0.717, 1.165) is 21.0 Å². The molecule has 0 spiro atoms. The molecule has 0 bridgehead atoms. The third-order valence-electron chi connectivity index (χ3n) is 5.61. The largest absolute Gasteiger partial charge is 0.486 e. The molecule has 178 valence electrons. The summed E-state index contributed by atoms with van der Waals surface area (Å²) in [5.41, 5.74) is 3.19. The number of benzene rings is 3. The first kappa shape index (κ1) is 23.6. The molecule has 3 aromatic rings. The lowest BCUT2D eigenvalue weighted by molar-refractivity contribution is -0.120. The monoisotopic (exact) mass is 480 g/mol. The van der Waals surface area contributed by atoms with Crippen LogP contribution in [0.5, 0.6) is 11.5 Å². The van der Waals surface area contributed by atoms with E-state index in [0.29, 0.717) is 23.8 Å². The van der Waals surface area contributed by atoms with Crippen LogP contribution in [0.15, 0.2) is 71.6 Å². The highest BCUT2D eigenvalue weighted by Gasteiger charge is 2.29. The Labute approximate surface area is 200 Å². The summed E-state index contributed by atoms with van der Waals surface area (Å²) in [5, 5.41) is 2.80. The third kappa shape index (κ3) is 5.17. The summed E-state index contributed by atoms with van der Waals surface area (Å²) < 4.78 is 39.8. The number of para-hydroxylation sites is 2. The number of nitrogens with zero attached hydrogens (tertiary/aromatic N) is 1. The molecule has 0 aromatic heterocycles. The zero-order valence-electron chi connectivity index (χ0n) is 19.4. The van der Waals surface area contributed by atoms with Gasteiger partial charge in [0.15, 0.2) is 11.5 Å². The van der Waals surface area contributed by atoms with Gasteiger partial charge >= 0.3 is 0 Å². The number of sulfonamides is 1. The lowest BCUT2D eigenvalue weighted by Crippen LogP contribution is -2.45. The van der Waals surface area contributed by atoms with E-state index in [-0.39, 0.29) is 24.1 Å². The summed E-state index contributed by atoms with van der Waals surface area (Å²) in [6.45, 7) is 5.79. The van der Waals surface area contributed by atoms with Gasteiger partial charge in [-0.1, -0.05) is 47.5 Å². The van der Waals surface area contributed by atoms with E-state index in [1.807, 2.05) is 51.1 Å². The summed E-state index contributed by atoms with van der Waals surface area (Å²) >= 11 is 0. The van der Waals surface area contributed by atoms with Crippen molar-refractivity contribution in [2.45, 2.75) is 31.8 Å². The van der Waals surface area contributed by atoms with Gasteiger partial charge in [-0.3, -0.25) is 9.10 Å². The predicted octanol–water partition coefficient (Wildman–Crippen LogP) is 3.76. The molecule has 1 heterocycles. The number of aryl methyl sites for hydroxylation is 3. The van der Waals surface area contributed by atoms with Crippen molar-refractivity contribution in [1.29, 1.82) is 0 Å². The molecule has 1 amide bonds. The Hall–Kier alpha value is -3.52. The average Bonchev–Trinajstić information content (AvgIpc) is 2.82. The molecule has 4 rings (SSSR count). The van der Waals surface area contributed by atoms with Gasteiger partial charge in [0, 0.05) is 0 Å². The predicted molar refractivity (Wildman–Crippen MR) is 131 cm³/mol. The van der Waals surface area contributed by atoms with Crippen LogP contribution in [0.25, 0.3) is 0 Å². The number of ether oxygens (including phenoxy) is 2. The van der Waals surface area contributed by atoms with Crippen molar-refractivity contribution >= 4 is 21.6 Å². The number of rotatable bonds is 7. The van der Waals surface area contributed by atoms with E-state index >= 15 is 0 Å². The molecule has 0 saturated carbocycles. The van der Waals surface area contributed by atoms with Gasteiger partial charge < -0.3 is 14.8 Å². The van der Waals surface area contributed by atoms with Gasteiger partial charge in [0.1, 0.15) is 19.3 Å². The van der Waals surface area contributed by atoms with Gasteiger partial charge in [-0.25, -0.2) is 8.42 Å². The van der Waals surface area contributed by atoms with Gasteiger partial charge in [-0.05, 0) is 56.7 Å². The van der Waals surface area contributed by atoms with E-state index in [4.69, 9.17) is 9.47 Å². The summed E-state index contributed by atoms with van der Waals surface area (Å²) in [6.07, 6.45) is -0.373. The van der Waals surface area contributed by atoms with Crippen LogP contribution in [0.3, 0.4) is 0 Å². The Morgan fingerprint density at radius 2 is 1.65 bits per heavy atom. The zero-order valence-corrected chi connectivity index (χ0v) is 20.3. The maximum atomic E-state index is 13.6. The number of nitrogens with one attached hydrogen (secondary N) is 1. The molecule has 0 unspecified atom stereocenters. The Bertz CT molecular complexity index is 1290. The van der Waals surface area contributed by atoms with Crippen molar-refractivity contribution < 1.29 is 22.7 Å². The molecule has 1 atom stereocenters. The zero-order chi connectivity index (χ0) is 24.3. The second kappa shape index (κ2) is 9.77. The fourth-order valence-corrected chi connectivity index (χ4v) is 5.29. The fraction of sp³-hybridized carbons (Fsp3) is 0.269. The van der Waals surface area contributed by atoms with Gasteiger partial charge in [0.05, 0.1) is 17.1 Å². The van der Waals surface area contributed by atoms with Crippen molar-refractivity contribution in [3.8, 4) is 11.5 Å². The molecule has 0 aliphatic carbocycles. The molecule has 0 radical (unpaired) electrons. The van der Waals surface area contributed by atoms with E-state index in [2.05, 4.69) is 5.32 Å². The lowest BCUT2D eigenvalue weighted by atomic mass is 10.1. The van der Waals surface area contributed by atoms with Gasteiger partial charge in [-0.15, -0.1) is 0 Å². The molecule has 34 heavy (non-hydrogen) atoms. The first-order valence-electron chi connectivity index (χ1n) is 11.1.